The summed E-state index contributed by atoms with van der Waals surface area (Å²) >= 11 is 0. The van der Waals surface area contributed by atoms with Crippen molar-refractivity contribution in [2.45, 2.75) is 31.9 Å². The van der Waals surface area contributed by atoms with Gasteiger partial charge < -0.3 is 24.1 Å². The molecule has 0 bridgehead atoms. The van der Waals surface area contributed by atoms with Crippen LogP contribution in [-0.4, -0.2) is 48.9 Å². The first kappa shape index (κ1) is 23.0. The molecular weight excluding hydrogens is 395 g/mol. The van der Waals surface area contributed by atoms with Crippen molar-refractivity contribution < 1.29 is 28.6 Å². The molecule has 0 aliphatic carbocycles. The van der Waals surface area contributed by atoms with E-state index in [1.807, 2.05) is 36.4 Å². The Labute approximate surface area is 167 Å². The molecule has 0 aliphatic heterocycles. The van der Waals surface area contributed by atoms with Crippen molar-refractivity contribution in [3.8, 4) is 0 Å². The van der Waals surface area contributed by atoms with Crippen LogP contribution in [0.1, 0.15) is 20.8 Å². The molecule has 2 rings (SSSR count). The van der Waals surface area contributed by atoms with Gasteiger partial charge in [0.1, 0.15) is 12.5 Å². The van der Waals surface area contributed by atoms with Crippen LogP contribution in [0.4, 0.5) is 0 Å². The fourth-order valence-electron chi connectivity index (χ4n) is 3.34. The molecule has 2 aromatic carbocycles. The second-order valence-electron chi connectivity index (χ2n) is 7.74. The van der Waals surface area contributed by atoms with E-state index in [0.717, 1.165) is 10.4 Å². The van der Waals surface area contributed by atoms with Gasteiger partial charge in [0.2, 0.25) is 0 Å². The molecule has 154 valence electrons. The van der Waals surface area contributed by atoms with E-state index in [1.54, 1.807) is 0 Å². The van der Waals surface area contributed by atoms with Crippen molar-refractivity contribution in [3.05, 3.63) is 60.7 Å². The zero-order valence-corrected chi connectivity index (χ0v) is 18.4. The molecule has 1 atom stereocenters. The second-order valence-corrected chi connectivity index (χ2v) is 13.6. The molecule has 8 heteroatoms. The summed E-state index contributed by atoms with van der Waals surface area (Å²) in [7, 11) is -7.11. The van der Waals surface area contributed by atoms with Gasteiger partial charge in [-0.3, -0.25) is 4.57 Å². The largest absolute Gasteiger partial charge is 0.405 e. The van der Waals surface area contributed by atoms with Crippen LogP contribution >= 0.6 is 7.60 Å². The van der Waals surface area contributed by atoms with Gasteiger partial charge in [-0.05, 0) is 15.4 Å². The fourth-order valence-corrected chi connectivity index (χ4v) is 8.33. The van der Waals surface area contributed by atoms with E-state index in [-0.39, 0.29) is 11.6 Å². The van der Waals surface area contributed by atoms with Crippen LogP contribution < -0.4 is 10.4 Å². The first-order valence-corrected chi connectivity index (χ1v) is 12.8. The first-order chi connectivity index (χ1) is 13.1. The van der Waals surface area contributed by atoms with Gasteiger partial charge in [0.05, 0.1) is 13.2 Å². The Morgan fingerprint density at radius 2 is 1.43 bits per heavy atom. The van der Waals surface area contributed by atoms with Crippen LogP contribution in [0.2, 0.25) is 5.04 Å². The Hall–Kier alpha value is -1.31. The molecule has 0 spiro atoms. The molecule has 0 fully saturated rings. The smallest absolute Gasteiger partial charge is 0.350 e. The number of benzene rings is 2. The Balaban J connectivity index is 2.42. The number of hydrogen-bond donors (Lipinski definition) is 3. The maximum absolute atomic E-state index is 11.1. The van der Waals surface area contributed by atoms with Crippen molar-refractivity contribution in [2.75, 3.05) is 19.6 Å². The van der Waals surface area contributed by atoms with Crippen LogP contribution in [0.25, 0.3) is 0 Å². The van der Waals surface area contributed by atoms with Crippen LogP contribution in [-0.2, 0) is 13.7 Å². The molecule has 0 amide bonds. The molecule has 0 saturated carbocycles. The summed E-state index contributed by atoms with van der Waals surface area (Å²) in [6.07, 6.45) is -1.57. The van der Waals surface area contributed by atoms with E-state index >= 15 is 0 Å². The Kier molecular flexibility index (Phi) is 7.76. The fraction of sp³-hybridized carbons (Fsp3) is 0.400. The highest BCUT2D eigenvalue weighted by Crippen LogP contribution is 2.37. The molecule has 6 nitrogen and oxygen atoms in total. The van der Waals surface area contributed by atoms with E-state index < -0.39 is 35.0 Å². The summed E-state index contributed by atoms with van der Waals surface area (Å²) in [5, 5.41) is 11.6. The standard InChI is InChI=1S/C20H29O6PSi/c1-20(2,3)28(18-10-6-4-7-11-18,19-12-8-5-9-13-19)26-15-17(14-21)25-16-27(22,23)24/h4-13,17,21H,14-16H2,1-3H3,(H2,22,23,24). The monoisotopic (exact) mass is 424 g/mol. The third-order valence-corrected chi connectivity index (χ3v) is 10.1. The summed E-state index contributed by atoms with van der Waals surface area (Å²) in [5.41, 5.74) is 0. The topological polar surface area (TPSA) is 96.2 Å². The molecule has 0 aromatic heterocycles. The zero-order chi connectivity index (χ0) is 20.8. The maximum atomic E-state index is 11.1. The average molecular weight is 425 g/mol. The quantitative estimate of drug-likeness (QED) is 0.421. The maximum Gasteiger partial charge on any atom is 0.350 e. The minimum atomic E-state index is -4.32. The Morgan fingerprint density at radius 1 is 0.964 bits per heavy atom. The van der Waals surface area contributed by atoms with Gasteiger partial charge in [0.15, 0.2) is 0 Å². The van der Waals surface area contributed by atoms with Gasteiger partial charge in [-0.15, -0.1) is 0 Å². The van der Waals surface area contributed by atoms with Crippen molar-refractivity contribution in [3.63, 3.8) is 0 Å². The van der Waals surface area contributed by atoms with E-state index in [0.29, 0.717) is 0 Å². The lowest BCUT2D eigenvalue weighted by atomic mass is 10.2. The van der Waals surface area contributed by atoms with Gasteiger partial charge in [0, 0.05) is 0 Å². The molecule has 1 unspecified atom stereocenters. The predicted molar refractivity (Wildman–Crippen MR) is 112 cm³/mol. The third kappa shape index (κ3) is 5.61. The summed E-state index contributed by atoms with van der Waals surface area (Å²) in [5.74, 6) is 0. The van der Waals surface area contributed by atoms with Gasteiger partial charge in [0.25, 0.3) is 8.32 Å². The number of hydrogen-bond acceptors (Lipinski definition) is 4. The minimum absolute atomic E-state index is 0.0315. The Bertz CT molecular complexity index is 733. The van der Waals surface area contributed by atoms with E-state index in [2.05, 4.69) is 45.0 Å². The van der Waals surface area contributed by atoms with Crippen LogP contribution in [0.5, 0.6) is 0 Å². The van der Waals surface area contributed by atoms with E-state index in [1.165, 1.54) is 0 Å². The lowest BCUT2D eigenvalue weighted by molar-refractivity contribution is -0.000880. The van der Waals surface area contributed by atoms with Gasteiger partial charge in [-0.2, -0.15) is 0 Å². The molecular formula is C20H29O6PSi. The van der Waals surface area contributed by atoms with Gasteiger partial charge >= 0.3 is 7.60 Å². The lowest BCUT2D eigenvalue weighted by Crippen LogP contribution is -2.67. The molecule has 3 N–H and O–H groups in total. The van der Waals surface area contributed by atoms with Gasteiger partial charge in [-0.1, -0.05) is 81.4 Å². The first-order valence-electron chi connectivity index (χ1n) is 9.12. The van der Waals surface area contributed by atoms with Gasteiger partial charge in [-0.25, -0.2) is 0 Å². The SMILES string of the molecule is CC(C)(C)[Si](OCC(CO)OCP(=O)(O)O)(c1ccccc1)c1ccccc1. The van der Waals surface area contributed by atoms with Crippen LogP contribution in [0.3, 0.4) is 0 Å². The highest BCUT2D eigenvalue weighted by atomic mass is 31.2. The van der Waals surface area contributed by atoms with Crippen LogP contribution in [0, 0.1) is 0 Å². The molecule has 0 saturated heterocycles. The van der Waals surface area contributed by atoms with Crippen molar-refractivity contribution in [2.24, 2.45) is 0 Å². The van der Waals surface area contributed by atoms with Crippen LogP contribution in [0.15, 0.2) is 60.7 Å². The normalized spacial score (nSPS) is 14.1. The Morgan fingerprint density at radius 3 is 1.79 bits per heavy atom. The molecule has 0 radical (unpaired) electrons. The number of ether oxygens (including phenoxy) is 1. The summed E-state index contributed by atoms with van der Waals surface area (Å²) in [6.45, 7) is 6.03. The average Bonchev–Trinajstić information content (AvgIpc) is 2.64. The summed E-state index contributed by atoms with van der Waals surface area (Å²) < 4.78 is 22.9. The summed E-state index contributed by atoms with van der Waals surface area (Å²) in [6, 6.07) is 20.0. The number of aliphatic hydroxyl groups excluding tert-OH is 1. The molecule has 0 heterocycles. The number of rotatable bonds is 9. The lowest BCUT2D eigenvalue weighted by Gasteiger charge is -2.43. The zero-order valence-electron chi connectivity index (χ0n) is 16.5. The second kappa shape index (κ2) is 9.46. The highest BCUT2D eigenvalue weighted by molar-refractivity contribution is 7.51. The van der Waals surface area contributed by atoms with Crippen molar-refractivity contribution in [1.29, 1.82) is 0 Å². The minimum Gasteiger partial charge on any atom is -0.405 e. The predicted octanol–water partition coefficient (Wildman–Crippen LogP) is 2.08. The molecule has 2 aromatic rings. The highest BCUT2D eigenvalue weighted by Gasteiger charge is 2.50. The van der Waals surface area contributed by atoms with Crippen molar-refractivity contribution in [1.82, 2.24) is 0 Å². The summed E-state index contributed by atoms with van der Waals surface area (Å²) in [4.78, 5) is 18.1. The third-order valence-electron chi connectivity index (χ3n) is 4.58. The van der Waals surface area contributed by atoms with E-state index in [9.17, 15) is 9.67 Å². The van der Waals surface area contributed by atoms with Crippen molar-refractivity contribution >= 4 is 26.3 Å². The number of aliphatic hydroxyl groups is 1. The van der Waals surface area contributed by atoms with E-state index in [4.69, 9.17) is 18.9 Å². The molecule has 28 heavy (non-hydrogen) atoms. The molecule has 0 aliphatic rings.